The number of nitrogens with one attached hydrogen (secondary N) is 2. The lowest BCUT2D eigenvalue weighted by Gasteiger charge is -2.12. The first-order valence-electron chi connectivity index (χ1n) is 5.57. The maximum Gasteiger partial charge on any atom is 0.389 e. The quantitative estimate of drug-likeness (QED) is 0.710. The van der Waals surface area contributed by atoms with Gasteiger partial charge in [0.2, 0.25) is 10.0 Å². The van der Waals surface area contributed by atoms with Crippen molar-refractivity contribution >= 4 is 10.0 Å². The SMILES string of the molecule is O=S(=O)(NCCCCC(F)(F)F)C1CCNC1. The predicted molar refractivity (Wildman–Crippen MR) is 58.1 cm³/mol. The van der Waals surface area contributed by atoms with E-state index in [0.717, 1.165) is 0 Å². The Kier molecular flexibility index (Phi) is 5.21. The van der Waals surface area contributed by atoms with E-state index in [4.69, 9.17) is 0 Å². The third kappa shape index (κ3) is 5.69. The molecule has 0 aromatic heterocycles. The molecule has 1 atom stereocenters. The van der Waals surface area contributed by atoms with Crippen molar-refractivity contribution in [3.63, 3.8) is 0 Å². The highest BCUT2D eigenvalue weighted by molar-refractivity contribution is 7.90. The molecule has 0 spiro atoms. The zero-order valence-electron chi connectivity index (χ0n) is 9.39. The molecular formula is C9H17F3N2O2S. The zero-order valence-corrected chi connectivity index (χ0v) is 10.2. The average Bonchev–Trinajstić information content (AvgIpc) is 2.68. The van der Waals surface area contributed by atoms with Gasteiger partial charge in [0.25, 0.3) is 0 Å². The number of sulfonamides is 1. The molecule has 1 aliphatic heterocycles. The van der Waals surface area contributed by atoms with Gasteiger partial charge in [-0.05, 0) is 25.8 Å². The lowest BCUT2D eigenvalue weighted by atomic mass is 10.2. The summed E-state index contributed by atoms with van der Waals surface area (Å²) in [6, 6.07) is 0. The second kappa shape index (κ2) is 6.01. The molecule has 0 saturated carbocycles. The van der Waals surface area contributed by atoms with E-state index in [2.05, 4.69) is 10.0 Å². The molecule has 0 aromatic carbocycles. The monoisotopic (exact) mass is 274 g/mol. The van der Waals surface area contributed by atoms with Gasteiger partial charge in [-0.1, -0.05) is 0 Å². The molecule has 17 heavy (non-hydrogen) atoms. The summed E-state index contributed by atoms with van der Waals surface area (Å²) in [7, 11) is -3.37. The van der Waals surface area contributed by atoms with Crippen LogP contribution in [-0.2, 0) is 10.0 Å². The van der Waals surface area contributed by atoms with Crippen molar-refractivity contribution in [2.45, 2.75) is 37.1 Å². The second-order valence-corrected chi connectivity index (χ2v) is 6.17. The molecule has 2 N–H and O–H groups in total. The topological polar surface area (TPSA) is 58.2 Å². The number of halogens is 3. The van der Waals surface area contributed by atoms with E-state index in [0.29, 0.717) is 19.5 Å². The van der Waals surface area contributed by atoms with Gasteiger partial charge >= 0.3 is 6.18 Å². The number of rotatable bonds is 6. The molecule has 0 amide bonds. The minimum atomic E-state index is -4.16. The van der Waals surface area contributed by atoms with E-state index in [1.54, 1.807) is 0 Å². The fourth-order valence-corrected chi connectivity index (χ4v) is 3.11. The molecule has 1 heterocycles. The van der Waals surface area contributed by atoms with E-state index >= 15 is 0 Å². The third-order valence-corrected chi connectivity index (χ3v) is 4.53. The van der Waals surface area contributed by atoms with Crippen LogP contribution in [0.1, 0.15) is 25.7 Å². The Morgan fingerprint density at radius 1 is 1.29 bits per heavy atom. The van der Waals surface area contributed by atoms with Gasteiger partial charge in [-0.2, -0.15) is 13.2 Å². The lowest BCUT2D eigenvalue weighted by molar-refractivity contribution is -0.135. The molecule has 1 rings (SSSR count). The van der Waals surface area contributed by atoms with Gasteiger partial charge in [0, 0.05) is 19.5 Å². The first kappa shape index (κ1) is 14.7. The van der Waals surface area contributed by atoms with Gasteiger partial charge in [-0.25, -0.2) is 13.1 Å². The summed E-state index contributed by atoms with van der Waals surface area (Å²) in [5.74, 6) is 0. The van der Waals surface area contributed by atoms with Crippen molar-refractivity contribution in [3.8, 4) is 0 Å². The van der Waals surface area contributed by atoms with Crippen LogP contribution in [0.2, 0.25) is 0 Å². The van der Waals surface area contributed by atoms with Gasteiger partial charge in [0.05, 0.1) is 5.25 Å². The van der Waals surface area contributed by atoms with Gasteiger partial charge < -0.3 is 5.32 Å². The Morgan fingerprint density at radius 2 is 2.00 bits per heavy atom. The normalized spacial score (nSPS) is 21.9. The maximum absolute atomic E-state index is 11.8. The smallest absolute Gasteiger partial charge is 0.315 e. The number of hydrogen-bond donors (Lipinski definition) is 2. The summed E-state index contributed by atoms with van der Waals surface area (Å²) >= 11 is 0. The van der Waals surface area contributed by atoms with Gasteiger partial charge in [-0.3, -0.25) is 0 Å². The molecule has 1 fully saturated rings. The molecule has 1 saturated heterocycles. The molecule has 8 heteroatoms. The van der Waals surface area contributed by atoms with Crippen LogP contribution in [0.15, 0.2) is 0 Å². The highest BCUT2D eigenvalue weighted by atomic mass is 32.2. The van der Waals surface area contributed by atoms with Crippen molar-refractivity contribution in [1.82, 2.24) is 10.0 Å². The van der Waals surface area contributed by atoms with E-state index in [9.17, 15) is 21.6 Å². The Balaban J connectivity index is 2.17. The van der Waals surface area contributed by atoms with E-state index < -0.39 is 27.9 Å². The summed E-state index contributed by atoms with van der Waals surface area (Å²) in [5.41, 5.74) is 0. The fraction of sp³-hybridized carbons (Fsp3) is 1.00. The first-order chi connectivity index (χ1) is 7.81. The number of unbranched alkanes of at least 4 members (excludes halogenated alkanes) is 1. The highest BCUT2D eigenvalue weighted by Gasteiger charge is 2.28. The molecule has 0 bridgehead atoms. The van der Waals surface area contributed by atoms with Crippen molar-refractivity contribution in [2.24, 2.45) is 0 Å². The van der Waals surface area contributed by atoms with Crippen LogP contribution >= 0.6 is 0 Å². The van der Waals surface area contributed by atoms with Gasteiger partial charge in [0.1, 0.15) is 0 Å². The van der Waals surface area contributed by atoms with Crippen LogP contribution in [-0.4, -0.2) is 39.5 Å². The van der Waals surface area contributed by atoms with Crippen LogP contribution in [0.25, 0.3) is 0 Å². The van der Waals surface area contributed by atoms with E-state index in [1.165, 1.54) is 0 Å². The summed E-state index contributed by atoms with van der Waals surface area (Å²) in [6.45, 7) is 1.16. The molecule has 4 nitrogen and oxygen atoms in total. The van der Waals surface area contributed by atoms with Crippen LogP contribution in [0.3, 0.4) is 0 Å². The lowest BCUT2D eigenvalue weighted by Crippen LogP contribution is -2.36. The molecule has 0 aromatic rings. The van der Waals surface area contributed by atoms with Crippen LogP contribution < -0.4 is 10.0 Å². The molecule has 0 radical (unpaired) electrons. The molecule has 102 valence electrons. The standard InChI is InChI=1S/C9H17F3N2O2S/c10-9(11,12)4-1-2-5-14-17(15,16)8-3-6-13-7-8/h8,13-14H,1-7H2. The Bertz CT molecular complexity index is 324. The first-order valence-corrected chi connectivity index (χ1v) is 7.12. The maximum atomic E-state index is 11.8. The van der Waals surface area contributed by atoms with Crippen LogP contribution in [0, 0.1) is 0 Å². The van der Waals surface area contributed by atoms with E-state index in [1.807, 2.05) is 0 Å². The van der Waals surface area contributed by atoms with Crippen molar-refractivity contribution in [2.75, 3.05) is 19.6 Å². The van der Waals surface area contributed by atoms with Crippen molar-refractivity contribution in [3.05, 3.63) is 0 Å². The Hall–Kier alpha value is -0.340. The highest BCUT2D eigenvalue weighted by Crippen LogP contribution is 2.21. The molecule has 1 unspecified atom stereocenters. The summed E-state index contributed by atoms with van der Waals surface area (Å²) in [5, 5.41) is 2.48. The summed E-state index contributed by atoms with van der Waals surface area (Å²) in [6.07, 6.45) is -4.31. The molecule has 0 aliphatic carbocycles. The van der Waals surface area contributed by atoms with Gasteiger partial charge in [0.15, 0.2) is 0 Å². The van der Waals surface area contributed by atoms with Crippen LogP contribution in [0.4, 0.5) is 13.2 Å². The largest absolute Gasteiger partial charge is 0.389 e. The third-order valence-electron chi connectivity index (χ3n) is 2.64. The van der Waals surface area contributed by atoms with Crippen molar-refractivity contribution < 1.29 is 21.6 Å². The summed E-state index contributed by atoms with van der Waals surface area (Å²) < 4.78 is 61.0. The Labute approximate surface area is 99.0 Å². The molecule has 1 aliphatic rings. The van der Waals surface area contributed by atoms with Crippen molar-refractivity contribution in [1.29, 1.82) is 0 Å². The number of alkyl halides is 3. The predicted octanol–water partition coefficient (Wildman–Crippen LogP) is 1.00. The average molecular weight is 274 g/mol. The van der Waals surface area contributed by atoms with E-state index in [-0.39, 0.29) is 19.4 Å². The molecular weight excluding hydrogens is 257 g/mol. The second-order valence-electron chi connectivity index (χ2n) is 4.13. The Morgan fingerprint density at radius 3 is 2.53 bits per heavy atom. The minimum Gasteiger partial charge on any atom is -0.315 e. The zero-order chi connectivity index (χ0) is 12.9. The summed E-state index contributed by atoms with van der Waals surface area (Å²) in [4.78, 5) is 0. The minimum absolute atomic E-state index is 0.0467. The fourth-order valence-electron chi connectivity index (χ4n) is 1.68. The number of hydrogen-bond acceptors (Lipinski definition) is 3. The van der Waals surface area contributed by atoms with Crippen LogP contribution in [0.5, 0.6) is 0 Å². The van der Waals surface area contributed by atoms with Gasteiger partial charge in [-0.15, -0.1) is 0 Å².